The molecule has 1 aliphatic rings. The number of carbonyl (C=O) groups is 3. The molecule has 2 unspecified atom stereocenters. The third-order valence-corrected chi connectivity index (χ3v) is 8.72. The molecule has 3 aromatic rings. The van der Waals surface area contributed by atoms with E-state index < -0.39 is 23.7 Å². The fourth-order valence-electron chi connectivity index (χ4n) is 6.17. The number of fused-ring (bicyclic) bond motifs is 1. The van der Waals surface area contributed by atoms with Gasteiger partial charge in [0.1, 0.15) is 28.8 Å². The summed E-state index contributed by atoms with van der Waals surface area (Å²) in [6, 6.07) is 13.3. The van der Waals surface area contributed by atoms with Gasteiger partial charge >= 0.3 is 5.97 Å². The SMILES string of the molecule is CCCc1c(OCCCOc2cc(O)c(-c3ccc(F)cc3)cc2CC)ccc2c1OC(N(C=O)CC(CCN(C=O)OC(C)(C)C)C(=O)O)CC2. The first-order valence-corrected chi connectivity index (χ1v) is 17.9. The molecule has 0 spiro atoms. The smallest absolute Gasteiger partial charge is 0.308 e. The number of carboxylic acid groups (broad SMARTS) is 1. The number of rotatable bonds is 20. The maximum atomic E-state index is 13.4. The van der Waals surface area contributed by atoms with Crippen LogP contribution < -0.4 is 14.2 Å². The number of phenolic OH excluding ortho intramolecular Hbond substituents is 1. The van der Waals surface area contributed by atoms with Crippen LogP contribution in [0.25, 0.3) is 11.1 Å². The minimum atomic E-state index is -1.08. The van der Waals surface area contributed by atoms with Gasteiger partial charge in [-0.15, -0.1) is 0 Å². The number of aryl methyl sites for hydroxylation is 2. The fourth-order valence-corrected chi connectivity index (χ4v) is 6.17. The van der Waals surface area contributed by atoms with E-state index in [9.17, 15) is 29.0 Å². The van der Waals surface area contributed by atoms with Crippen LogP contribution in [0.4, 0.5) is 4.39 Å². The second kappa shape index (κ2) is 18.6. The minimum Gasteiger partial charge on any atom is -0.507 e. The number of hydrogen-bond acceptors (Lipinski definition) is 8. The Kier molecular flexibility index (Phi) is 14.3. The minimum absolute atomic E-state index is 0.0495. The predicted octanol–water partition coefficient (Wildman–Crippen LogP) is 6.95. The second-order valence-electron chi connectivity index (χ2n) is 13.9. The molecule has 4 rings (SSSR count). The number of aromatic hydroxyl groups is 1. The lowest BCUT2D eigenvalue weighted by atomic mass is 9.97. The molecule has 0 fully saturated rings. The van der Waals surface area contributed by atoms with Crippen molar-refractivity contribution in [2.75, 3.05) is 26.3 Å². The molecule has 1 heterocycles. The number of ether oxygens (including phenoxy) is 3. The van der Waals surface area contributed by atoms with Gasteiger partial charge < -0.3 is 29.3 Å². The van der Waals surface area contributed by atoms with Gasteiger partial charge in [-0.2, -0.15) is 0 Å². The van der Waals surface area contributed by atoms with Crippen LogP contribution in [0, 0.1) is 11.7 Å². The van der Waals surface area contributed by atoms with E-state index >= 15 is 0 Å². The maximum absolute atomic E-state index is 13.4. The molecule has 11 nitrogen and oxygen atoms in total. The molecule has 12 heteroatoms. The normalized spacial score (nSPS) is 14.5. The Hall–Kier alpha value is -4.84. The van der Waals surface area contributed by atoms with E-state index in [-0.39, 0.29) is 31.1 Å². The molecule has 0 saturated heterocycles. The van der Waals surface area contributed by atoms with Crippen molar-refractivity contribution < 1.29 is 48.0 Å². The molecule has 282 valence electrons. The zero-order chi connectivity index (χ0) is 37.8. The second-order valence-corrected chi connectivity index (χ2v) is 13.9. The van der Waals surface area contributed by atoms with Gasteiger partial charge in [-0.25, -0.2) is 9.45 Å². The largest absolute Gasteiger partial charge is 0.507 e. The summed E-state index contributed by atoms with van der Waals surface area (Å²) >= 11 is 0. The zero-order valence-electron chi connectivity index (χ0n) is 30.7. The number of hydrogen-bond donors (Lipinski definition) is 2. The van der Waals surface area contributed by atoms with Gasteiger partial charge in [-0.3, -0.25) is 19.2 Å². The number of phenols is 1. The van der Waals surface area contributed by atoms with Crippen molar-refractivity contribution in [2.45, 2.75) is 91.4 Å². The first-order valence-electron chi connectivity index (χ1n) is 17.9. The Bertz CT molecular complexity index is 1660. The zero-order valence-corrected chi connectivity index (χ0v) is 30.7. The van der Waals surface area contributed by atoms with Gasteiger partial charge in [-0.05, 0) is 87.4 Å². The van der Waals surface area contributed by atoms with E-state index in [0.29, 0.717) is 86.5 Å². The highest BCUT2D eigenvalue weighted by atomic mass is 19.1. The molecule has 2 N–H and O–H groups in total. The highest BCUT2D eigenvalue weighted by Gasteiger charge is 2.31. The monoisotopic (exact) mass is 722 g/mol. The number of halogens is 1. The first-order chi connectivity index (χ1) is 24.9. The quantitative estimate of drug-likeness (QED) is 0.0722. The van der Waals surface area contributed by atoms with Crippen molar-refractivity contribution in [1.82, 2.24) is 9.96 Å². The average molecular weight is 723 g/mol. The van der Waals surface area contributed by atoms with Crippen molar-refractivity contribution in [3.05, 3.63) is 71.0 Å². The lowest BCUT2D eigenvalue weighted by Crippen LogP contribution is -2.45. The number of aliphatic carboxylic acids is 1. The molecule has 0 aliphatic carbocycles. The van der Waals surface area contributed by atoms with Crippen molar-refractivity contribution in [2.24, 2.45) is 5.92 Å². The van der Waals surface area contributed by atoms with E-state index in [1.165, 1.54) is 17.0 Å². The van der Waals surface area contributed by atoms with Crippen LogP contribution in [0.3, 0.4) is 0 Å². The van der Waals surface area contributed by atoms with Gasteiger partial charge in [0.25, 0.3) is 0 Å². The summed E-state index contributed by atoms with van der Waals surface area (Å²) in [6.07, 6.45) is 4.43. The number of benzene rings is 3. The molecular formula is C40H51FN2O9. The molecule has 2 amide bonds. The van der Waals surface area contributed by atoms with Crippen molar-refractivity contribution in [3.8, 4) is 34.1 Å². The van der Waals surface area contributed by atoms with E-state index in [0.717, 1.165) is 28.2 Å². The van der Waals surface area contributed by atoms with Crippen LogP contribution in [-0.2, 0) is 38.5 Å². The molecule has 52 heavy (non-hydrogen) atoms. The predicted molar refractivity (Wildman–Crippen MR) is 194 cm³/mol. The van der Waals surface area contributed by atoms with Crippen LogP contribution in [0.5, 0.6) is 23.0 Å². The number of nitrogens with zero attached hydrogens (tertiary/aromatic N) is 2. The summed E-state index contributed by atoms with van der Waals surface area (Å²) in [4.78, 5) is 42.9. The molecule has 1 aliphatic heterocycles. The van der Waals surface area contributed by atoms with Crippen molar-refractivity contribution >= 4 is 18.8 Å². The highest BCUT2D eigenvalue weighted by molar-refractivity contribution is 5.72. The number of hydroxylamine groups is 2. The summed E-state index contributed by atoms with van der Waals surface area (Å²) in [5.74, 6) is -0.418. The Morgan fingerprint density at radius 3 is 2.37 bits per heavy atom. The highest BCUT2D eigenvalue weighted by Crippen LogP contribution is 2.39. The van der Waals surface area contributed by atoms with Crippen LogP contribution in [-0.4, -0.2) is 77.1 Å². The third-order valence-electron chi connectivity index (χ3n) is 8.72. The first kappa shape index (κ1) is 39.9. The molecule has 0 saturated carbocycles. The van der Waals surface area contributed by atoms with E-state index in [2.05, 4.69) is 6.92 Å². The van der Waals surface area contributed by atoms with Crippen molar-refractivity contribution in [1.29, 1.82) is 0 Å². The lowest BCUT2D eigenvalue weighted by molar-refractivity contribution is -0.217. The summed E-state index contributed by atoms with van der Waals surface area (Å²) in [6.45, 7) is 10.1. The van der Waals surface area contributed by atoms with Gasteiger partial charge in [0.05, 0.1) is 24.7 Å². The average Bonchev–Trinajstić information content (AvgIpc) is 3.11. The summed E-state index contributed by atoms with van der Waals surface area (Å²) in [5, 5.41) is 21.7. The summed E-state index contributed by atoms with van der Waals surface area (Å²) in [7, 11) is 0. The topological polar surface area (TPSA) is 135 Å². The fraction of sp³-hybridized carbons (Fsp3) is 0.475. The molecule has 0 aromatic heterocycles. The van der Waals surface area contributed by atoms with Crippen LogP contribution in [0.1, 0.15) is 77.0 Å². The van der Waals surface area contributed by atoms with Crippen LogP contribution in [0.15, 0.2) is 48.5 Å². The van der Waals surface area contributed by atoms with Crippen LogP contribution >= 0.6 is 0 Å². The Morgan fingerprint density at radius 1 is 1.04 bits per heavy atom. The molecular weight excluding hydrogens is 671 g/mol. The van der Waals surface area contributed by atoms with Crippen molar-refractivity contribution in [3.63, 3.8) is 0 Å². The lowest BCUT2D eigenvalue weighted by Gasteiger charge is -2.35. The van der Waals surface area contributed by atoms with E-state index in [4.69, 9.17) is 19.0 Å². The Balaban J connectivity index is 1.38. The maximum Gasteiger partial charge on any atom is 0.308 e. The molecule has 2 atom stereocenters. The van der Waals surface area contributed by atoms with Gasteiger partial charge in [0, 0.05) is 43.1 Å². The number of amides is 2. The Morgan fingerprint density at radius 2 is 1.75 bits per heavy atom. The summed E-state index contributed by atoms with van der Waals surface area (Å²) in [5.41, 5.74) is 3.49. The molecule has 3 aromatic carbocycles. The summed E-state index contributed by atoms with van der Waals surface area (Å²) < 4.78 is 32.1. The Labute approximate surface area is 305 Å². The van der Waals surface area contributed by atoms with Gasteiger partial charge in [-0.1, -0.05) is 38.5 Å². The number of carbonyl (C=O) groups excluding carboxylic acids is 2. The van der Waals surface area contributed by atoms with Crippen LogP contribution in [0.2, 0.25) is 0 Å². The van der Waals surface area contributed by atoms with Gasteiger partial charge in [0.15, 0.2) is 6.23 Å². The third kappa shape index (κ3) is 10.8. The number of carboxylic acids is 1. The molecule has 0 radical (unpaired) electrons. The van der Waals surface area contributed by atoms with E-state index in [1.807, 2.05) is 25.1 Å². The van der Waals surface area contributed by atoms with Gasteiger partial charge in [0.2, 0.25) is 12.8 Å². The molecule has 0 bridgehead atoms. The van der Waals surface area contributed by atoms with E-state index in [1.54, 1.807) is 39.0 Å². The standard InChI is InChI=1S/C40H51FN2O9/c1-6-9-32-35(49-20-8-21-50-36-23-34(46)33(22-27(36)7-2)28-10-14-31(41)15-11-28)16-12-29-13-17-37(51-38(29)32)42(25-44)24-30(39(47)48)18-19-43(26-45)52-40(3,4)5/h10-12,14-16,22-23,25-26,30,37,46H,6-9,13,17-21,24H2,1-5H3,(H,47,48).